The standard InChI is InChI=1S/C26H33N7O/c1-24(2)14-18(15-25(3,4)31-24)32(5)22-10-9-19(29-30-22)26(11-7-6-8-21(26)34)20-16-28-23-17-27-12-13-33(20)23/h6-13,16-18,21,31,34H,14-15H2,1-5H3. The molecule has 178 valence electrons. The normalized spacial score (nSPS) is 26.1. The molecule has 0 amide bonds. The predicted octanol–water partition coefficient (Wildman–Crippen LogP) is 3.04. The molecule has 8 nitrogen and oxygen atoms in total. The number of aliphatic hydroxyl groups excluding tert-OH is 1. The second-order valence-corrected chi connectivity index (χ2v) is 10.8. The zero-order chi connectivity index (χ0) is 24.1. The fourth-order valence-electron chi connectivity index (χ4n) is 5.84. The van der Waals surface area contributed by atoms with Gasteiger partial charge < -0.3 is 15.3 Å². The first-order valence-corrected chi connectivity index (χ1v) is 11.8. The molecular weight excluding hydrogens is 426 g/mol. The number of allylic oxidation sites excluding steroid dienone is 2. The van der Waals surface area contributed by atoms with E-state index < -0.39 is 11.5 Å². The average Bonchev–Trinajstić information content (AvgIpc) is 3.22. The lowest BCUT2D eigenvalue weighted by atomic mass is 9.73. The van der Waals surface area contributed by atoms with Gasteiger partial charge in [-0.1, -0.05) is 24.3 Å². The molecule has 1 fully saturated rings. The van der Waals surface area contributed by atoms with E-state index in [0.29, 0.717) is 17.4 Å². The minimum absolute atomic E-state index is 0.0410. The number of anilines is 1. The molecule has 0 radical (unpaired) electrons. The molecule has 4 heterocycles. The van der Waals surface area contributed by atoms with Crippen LogP contribution in [-0.2, 0) is 5.41 Å². The second-order valence-electron chi connectivity index (χ2n) is 10.8. The summed E-state index contributed by atoms with van der Waals surface area (Å²) in [6.07, 6.45) is 15.8. The summed E-state index contributed by atoms with van der Waals surface area (Å²) in [5.74, 6) is 0.824. The van der Waals surface area contributed by atoms with Crippen LogP contribution in [0.25, 0.3) is 5.65 Å². The zero-order valence-corrected chi connectivity index (χ0v) is 20.5. The summed E-state index contributed by atoms with van der Waals surface area (Å²) in [5.41, 5.74) is 1.38. The van der Waals surface area contributed by atoms with Gasteiger partial charge in [-0.15, -0.1) is 5.10 Å². The SMILES string of the molecule is CN(c1ccc(C2(c3cnc4cnccn34)C=CC=CC2O)nn1)C1CC(C)(C)NC(C)(C)C1. The molecule has 1 aliphatic carbocycles. The predicted molar refractivity (Wildman–Crippen MR) is 133 cm³/mol. The van der Waals surface area contributed by atoms with Crippen molar-refractivity contribution in [2.24, 2.45) is 0 Å². The molecule has 2 aliphatic rings. The van der Waals surface area contributed by atoms with E-state index in [-0.39, 0.29) is 11.1 Å². The van der Waals surface area contributed by atoms with Gasteiger partial charge in [-0.2, -0.15) is 5.10 Å². The van der Waals surface area contributed by atoms with Crippen molar-refractivity contribution in [1.29, 1.82) is 0 Å². The maximum absolute atomic E-state index is 11.2. The zero-order valence-electron chi connectivity index (χ0n) is 20.5. The molecule has 3 aromatic rings. The van der Waals surface area contributed by atoms with Crippen LogP contribution in [0.15, 0.2) is 61.2 Å². The fraction of sp³-hybridized carbons (Fsp3) is 0.462. The van der Waals surface area contributed by atoms with E-state index in [2.05, 4.69) is 65.1 Å². The maximum Gasteiger partial charge on any atom is 0.155 e. The molecule has 2 N–H and O–H groups in total. The van der Waals surface area contributed by atoms with Gasteiger partial charge in [0, 0.05) is 36.6 Å². The van der Waals surface area contributed by atoms with Gasteiger partial charge in [-0.05, 0) is 52.7 Å². The molecule has 0 spiro atoms. The van der Waals surface area contributed by atoms with E-state index >= 15 is 0 Å². The summed E-state index contributed by atoms with van der Waals surface area (Å²) in [6, 6.07) is 4.33. The van der Waals surface area contributed by atoms with E-state index in [1.807, 2.05) is 41.0 Å². The molecular formula is C26H33N7O. The van der Waals surface area contributed by atoms with Crippen molar-refractivity contribution in [3.8, 4) is 0 Å². The van der Waals surface area contributed by atoms with Gasteiger partial charge in [-0.3, -0.25) is 9.38 Å². The smallest absolute Gasteiger partial charge is 0.155 e. The molecule has 0 bridgehead atoms. The molecule has 8 heteroatoms. The van der Waals surface area contributed by atoms with Gasteiger partial charge in [0.15, 0.2) is 11.5 Å². The first-order chi connectivity index (χ1) is 16.1. The highest BCUT2D eigenvalue weighted by Gasteiger charge is 2.44. The van der Waals surface area contributed by atoms with Crippen LogP contribution in [-0.4, -0.2) is 59.9 Å². The lowest BCUT2D eigenvalue weighted by Gasteiger charge is -2.49. The third-order valence-electron chi connectivity index (χ3n) is 7.12. The Morgan fingerprint density at radius 1 is 1.06 bits per heavy atom. The number of nitrogens with zero attached hydrogens (tertiary/aromatic N) is 6. The van der Waals surface area contributed by atoms with Crippen LogP contribution < -0.4 is 10.2 Å². The van der Waals surface area contributed by atoms with Gasteiger partial charge in [0.25, 0.3) is 0 Å². The Bertz CT molecular complexity index is 1230. The highest BCUT2D eigenvalue weighted by Crippen LogP contribution is 2.39. The number of fused-ring (bicyclic) bond motifs is 1. The monoisotopic (exact) mass is 459 g/mol. The van der Waals surface area contributed by atoms with Crippen molar-refractivity contribution in [3.63, 3.8) is 0 Å². The summed E-state index contributed by atoms with van der Waals surface area (Å²) in [5, 5.41) is 24.3. The Morgan fingerprint density at radius 2 is 1.82 bits per heavy atom. The Hall–Kier alpha value is -3.10. The Labute approximate surface area is 200 Å². The molecule has 2 unspecified atom stereocenters. The first kappa shape index (κ1) is 22.7. The van der Waals surface area contributed by atoms with E-state index in [1.165, 1.54) is 0 Å². The summed E-state index contributed by atoms with van der Waals surface area (Å²) in [6.45, 7) is 9.01. The minimum Gasteiger partial charge on any atom is -0.387 e. The first-order valence-electron chi connectivity index (χ1n) is 11.8. The van der Waals surface area contributed by atoms with Crippen LogP contribution in [0, 0.1) is 0 Å². The number of imidazole rings is 1. The van der Waals surface area contributed by atoms with Crippen molar-refractivity contribution >= 4 is 11.5 Å². The summed E-state index contributed by atoms with van der Waals surface area (Å²) >= 11 is 0. The number of aromatic nitrogens is 5. The van der Waals surface area contributed by atoms with Crippen LogP contribution >= 0.6 is 0 Å². The summed E-state index contributed by atoms with van der Waals surface area (Å²) in [4.78, 5) is 10.9. The van der Waals surface area contributed by atoms with Crippen LogP contribution in [0.3, 0.4) is 0 Å². The highest BCUT2D eigenvalue weighted by molar-refractivity contribution is 5.50. The Morgan fingerprint density at radius 3 is 2.50 bits per heavy atom. The summed E-state index contributed by atoms with van der Waals surface area (Å²) < 4.78 is 1.95. The molecule has 34 heavy (non-hydrogen) atoms. The van der Waals surface area contributed by atoms with Crippen molar-refractivity contribution in [2.75, 3.05) is 11.9 Å². The molecule has 3 aromatic heterocycles. The second kappa shape index (κ2) is 7.99. The van der Waals surface area contributed by atoms with Crippen molar-refractivity contribution in [2.45, 2.75) is 69.2 Å². The van der Waals surface area contributed by atoms with Crippen LogP contribution in [0.4, 0.5) is 5.82 Å². The average molecular weight is 460 g/mol. The Kier molecular flexibility index (Phi) is 5.33. The van der Waals surface area contributed by atoms with Gasteiger partial charge in [0.05, 0.1) is 29.9 Å². The number of piperidine rings is 1. The molecule has 1 aliphatic heterocycles. The number of hydrogen-bond acceptors (Lipinski definition) is 7. The number of rotatable bonds is 4. The van der Waals surface area contributed by atoms with Crippen LogP contribution in [0.2, 0.25) is 0 Å². The minimum atomic E-state index is -0.904. The molecule has 0 saturated carbocycles. The lowest BCUT2D eigenvalue weighted by Crippen LogP contribution is -2.62. The van der Waals surface area contributed by atoms with Gasteiger partial charge in [0.2, 0.25) is 0 Å². The third kappa shape index (κ3) is 3.80. The maximum atomic E-state index is 11.2. The molecule has 5 rings (SSSR count). The van der Waals surface area contributed by atoms with E-state index in [9.17, 15) is 5.11 Å². The van der Waals surface area contributed by atoms with Crippen molar-refractivity contribution in [1.82, 2.24) is 29.9 Å². The Balaban J connectivity index is 1.52. The van der Waals surface area contributed by atoms with E-state index in [0.717, 1.165) is 24.4 Å². The van der Waals surface area contributed by atoms with Gasteiger partial charge in [0.1, 0.15) is 5.41 Å². The number of hydrogen-bond donors (Lipinski definition) is 2. The van der Waals surface area contributed by atoms with Gasteiger partial charge >= 0.3 is 0 Å². The molecule has 2 atom stereocenters. The van der Waals surface area contributed by atoms with E-state index in [4.69, 9.17) is 0 Å². The number of nitrogens with one attached hydrogen (secondary N) is 1. The van der Waals surface area contributed by atoms with Gasteiger partial charge in [-0.25, -0.2) is 4.98 Å². The third-order valence-corrected chi connectivity index (χ3v) is 7.12. The van der Waals surface area contributed by atoms with Crippen LogP contribution in [0.5, 0.6) is 0 Å². The van der Waals surface area contributed by atoms with Crippen molar-refractivity contribution in [3.05, 3.63) is 72.6 Å². The lowest BCUT2D eigenvalue weighted by molar-refractivity contribution is 0.160. The van der Waals surface area contributed by atoms with Crippen LogP contribution in [0.1, 0.15) is 51.9 Å². The number of aliphatic hydroxyl groups is 1. The highest BCUT2D eigenvalue weighted by atomic mass is 16.3. The largest absolute Gasteiger partial charge is 0.387 e. The quantitative estimate of drug-likeness (QED) is 0.620. The summed E-state index contributed by atoms with van der Waals surface area (Å²) in [7, 11) is 2.09. The fourth-order valence-corrected chi connectivity index (χ4v) is 5.84. The van der Waals surface area contributed by atoms with E-state index in [1.54, 1.807) is 24.7 Å². The van der Waals surface area contributed by atoms with Crippen molar-refractivity contribution < 1.29 is 5.11 Å². The molecule has 1 saturated heterocycles. The molecule has 0 aromatic carbocycles. The topological polar surface area (TPSA) is 91.5 Å².